The van der Waals surface area contributed by atoms with Gasteiger partial charge in [0.25, 0.3) is 0 Å². The van der Waals surface area contributed by atoms with Gasteiger partial charge in [0.2, 0.25) is 11.7 Å². The smallest absolute Gasteiger partial charge is 0.310 e. The van der Waals surface area contributed by atoms with Gasteiger partial charge < -0.3 is 14.8 Å². The number of carbonyl (C=O) groups is 3. The molecule has 6 nitrogen and oxygen atoms in total. The first-order chi connectivity index (χ1) is 12.8. The Labute approximate surface area is 156 Å². The van der Waals surface area contributed by atoms with Gasteiger partial charge in [-0.05, 0) is 48.9 Å². The Morgan fingerprint density at radius 1 is 1.11 bits per heavy atom. The number of ketones is 1. The van der Waals surface area contributed by atoms with Gasteiger partial charge in [0.05, 0.1) is 13.5 Å². The minimum atomic E-state index is -0.993. The molecule has 0 radical (unpaired) electrons. The Hall–Kier alpha value is -3.22. The number of ether oxygens (including phenoxy) is 2. The van der Waals surface area contributed by atoms with E-state index >= 15 is 0 Å². The molecule has 0 spiro atoms. The van der Waals surface area contributed by atoms with Gasteiger partial charge in [-0.1, -0.05) is 6.07 Å². The van der Waals surface area contributed by atoms with Gasteiger partial charge in [0.1, 0.15) is 0 Å². The quantitative estimate of drug-likeness (QED) is 0.596. The number of halogens is 1. The topological polar surface area (TPSA) is 81.7 Å². The molecule has 1 atom stereocenters. The van der Waals surface area contributed by atoms with E-state index in [-0.39, 0.29) is 23.9 Å². The molecular weight excluding hydrogens is 353 g/mol. The van der Waals surface area contributed by atoms with Gasteiger partial charge in [0, 0.05) is 18.2 Å². The van der Waals surface area contributed by atoms with Crippen LogP contribution in [0.15, 0.2) is 42.5 Å². The monoisotopic (exact) mass is 373 g/mol. The van der Waals surface area contributed by atoms with E-state index < -0.39 is 17.9 Å². The molecule has 0 bridgehead atoms. The summed E-state index contributed by atoms with van der Waals surface area (Å²) in [5, 5.41) is 2.60. The third-order valence-corrected chi connectivity index (χ3v) is 3.73. The van der Waals surface area contributed by atoms with Crippen molar-refractivity contribution in [3.63, 3.8) is 0 Å². The number of hydrogen-bond donors (Lipinski definition) is 1. The highest BCUT2D eigenvalue weighted by molar-refractivity contribution is 6.00. The maximum Gasteiger partial charge on any atom is 0.310 e. The van der Waals surface area contributed by atoms with Gasteiger partial charge in [-0.2, -0.15) is 0 Å². The molecule has 0 aromatic heterocycles. The Kier molecular flexibility index (Phi) is 6.65. The lowest BCUT2D eigenvalue weighted by molar-refractivity contribution is -0.145. The van der Waals surface area contributed by atoms with E-state index in [0.29, 0.717) is 16.8 Å². The van der Waals surface area contributed by atoms with Gasteiger partial charge >= 0.3 is 5.97 Å². The molecule has 2 aromatic carbocycles. The highest BCUT2D eigenvalue weighted by Gasteiger charge is 2.20. The predicted octanol–water partition coefficient (Wildman–Crippen LogP) is 3.15. The third kappa shape index (κ3) is 5.64. The molecule has 0 unspecified atom stereocenters. The van der Waals surface area contributed by atoms with Crippen LogP contribution in [0.1, 0.15) is 29.8 Å². The van der Waals surface area contributed by atoms with Crippen molar-refractivity contribution in [3.8, 4) is 5.75 Å². The van der Waals surface area contributed by atoms with Crippen molar-refractivity contribution in [2.24, 2.45) is 0 Å². The number of Topliss-reactive ketones (excluding diaryl/α,β-unsaturated/α-hetero) is 1. The van der Waals surface area contributed by atoms with Crippen molar-refractivity contribution in [1.29, 1.82) is 0 Å². The summed E-state index contributed by atoms with van der Waals surface area (Å²) in [4.78, 5) is 35.4. The Morgan fingerprint density at radius 2 is 1.78 bits per heavy atom. The summed E-state index contributed by atoms with van der Waals surface area (Å²) in [5.41, 5.74) is 1.32. The largest absolute Gasteiger partial charge is 0.494 e. The fraction of sp³-hybridized carbons (Fsp3) is 0.250. The van der Waals surface area contributed by atoms with Crippen molar-refractivity contribution in [1.82, 2.24) is 0 Å². The van der Waals surface area contributed by atoms with Gasteiger partial charge in [-0.3, -0.25) is 14.4 Å². The molecule has 0 fully saturated rings. The molecule has 0 saturated heterocycles. The van der Waals surface area contributed by atoms with E-state index in [2.05, 4.69) is 5.32 Å². The van der Waals surface area contributed by atoms with Crippen LogP contribution in [-0.2, 0) is 20.7 Å². The fourth-order valence-corrected chi connectivity index (χ4v) is 2.43. The maximum absolute atomic E-state index is 13.7. The number of amides is 1. The highest BCUT2D eigenvalue weighted by Crippen LogP contribution is 2.18. The Morgan fingerprint density at radius 3 is 2.33 bits per heavy atom. The van der Waals surface area contributed by atoms with Crippen molar-refractivity contribution in [3.05, 3.63) is 59.4 Å². The lowest BCUT2D eigenvalue weighted by atomic mass is 10.1. The van der Waals surface area contributed by atoms with E-state index in [1.165, 1.54) is 45.2 Å². The first kappa shape index (κ1) is 20.1. The number of nitrogens with one attached hydrogen (secondary N) is 1. The van der Waals surface area contributed by atoms with Crippen LogP contribution in [-0.4, -0.2) is 30.9 Å². The number of esters is 1. The molecule has 0 saturated carbocycles. The summed E-state index contributed by atoms with van der Waals surface area (Å²) in [7, 11) is 1.35. The number of rotatable bonds is 7. The maximum atomic E-state index is 13.7. The molecule has 0 heterocycles. The van der Waals surface area contributed by atoms with E-state index in [1.54, 1.807) is 18.2 Å². The first-order valence-corrected chi connectivity index (χ1v) is 8.24. The first-order valence-electron chi connectivity index (χ1n) is 8.24. The number of anilines is 1. The van der Waals surface area contributed by atoms with Crippen molar-refractivity contribution >= 4 is 23.3 Å². The Balaban J connectivity index is 1.96. The lowest BCUT2D eigenvalue weighted by Crippen LogP contribution is -2.25. The van der Waals surface area contributed by atoms with Crippen LogP contribution in [0, 0.1) is 5.82 Å². The van der Waals surface area contributed by atoms with Gasteiger partial charge in [0.15, 0.2) is 17.7 Å². The van der Waals surface area contributed by atoms with Crippen LogP contribution in [0.2, 0.25) is 0 Å². The molecule has 2 rings (SSSR count). The third-order valence-electron chi connectivity index (χ3n) is 3.73. The average molecular weight is 373 g/mol. The second-order valence-electron chi connectivity index (χ2n) is 5.90. The van der Waals surface area contributed by atoms with E-state index in [4.69, 9.17) is 9.47 Å². The van der Waals surface area contributed by atoms with E-state index in [9.17, 15) is 18.8 Å². The molecule has 1 N–H and O–H groups in total. The normalized spacial score (nSPS) is 11.4. The molecule has 7 heteroatoms. The van der Waals surface area contributed by atoms with Gasteiger partial charge in [-0.25, -0.2) is 4.39 Å². The zero-order valence-corrected chi connectivity index (χ0v) is 15.2. The summed E-state index contributed by atoms with van der Waals surface area (Å²) in [6.45, 7) is 2.85. The molecular formula is C20H20FNO5. The van der Waals surface area contributed by atoms with Crippen LogP contribution in [0.3, 0.4) is 0 Å². The summed E-state index contributed by atoms with van der Waals surface area (Å²) in [6, 6.07) is 10.4. The molecule has 0 aliphatic rings. The van der Waals surface area contributed by atoms with Crippen molar-refractivity contribution in [2.45, 2.75) is 26.4 Å². The van der Waals surface area contributed by atoms with E-state index in [0.717, 1.165) is 0 Å². The van der Waals surface area contributed by atoms with Crippen LogP contribution in [0.5, 0.6) is 5.75 Å². The summed E-state index contributed by atoms with van der Waals surface area (Å²) in [5.74, 6) is -1.73. The number of benzene rings is 2. The summed E-state index contributed by atoms with van der Waals surface area (Å²) >= 11 is 0. The lowest BCUT2D eigenvalue weighted by Gasteiger charge is -2.13. The average Bonchev–Trinajstić information content (AvgIpc) is 2.61. The van der Waals surface area contributed by atoms with Crippen LogP contribution in [0.25, 0.3) is 0 Å². The minimum absolute atomic E-state index is 0.0818. The molecule has 0 aliphatic heterocycles. The Bertz CT molecular complexity index is 848. The van der Waals surface area contributed by atoms with Gasteiger partial charge in [-0.15, -0.1) is 0 Å². The second kappa shape index (κ2) is 8.93. The summed E-state index contributed by atoms with van der Waals surface area (Å²) in [6.07, 6.45) is -1.16. The molecule has 0 aliphatic carbocycles. The molecule has 142 valence electrons. The number of methoxy groups -OCH3 is 1. The molecule has 27 heavy (non-hydrogen) atoms. The van der Waals surface area contributed by atoms with E-state index in [1.807, 2.05) is 0 Å². The van der Waals surface area contributed by atoms with Crippen LogP contribution >= 0.6 is 0 Å². The van der Waals surface area contributed by atoms with Crippen molar-refractivity contribution in [2.75, 3.05) is 12.4 Å². The highest BCUT2D eigenvalue weighted by atomic mass is 19.1. The minimum Gasteiger partial charge on any atom is -0.494 e. The van der Waals surface area contributed by atoms with Crippen LogP contribution in [0.4, 0.5) is 10.1 Å². The molecule has 2 aromatic rings. The second-order valence-corrected chi connectivity index (χ2v) is 5.90. The SMILES string of the molecule is COc1ccc(CC(=O)O[C@H](C)C(=O)c2ccc(NC(C)=O)cc2)cc1F. The summed E-state index contributed by atoms with van der Waals surface area (Å²) < 4.78 is 23.6. The zero-order chi connectivity index (χ0) is 20.0. The van der Waals surface area contributed by atoms with Crippen molar-refractivity contribution < 1.29 is 28.2 Å². The number of hydrogen-bond acceptors (Lipinski definition) is 5. The zero-order valence-electron chi connectivity index (χ0n) is 15.2. The fourth-order valence-electron chi connectivity index (χ4n) is 2.43. The number of carbonyl (C=O) groups excluding carboxylic acids is 3. The van der Waals surface area contributed by atoms with Crippen LogP contribution < -0.4 is 10.1 Å². The standard InChI is InChI=1S/C20H20FNO5/c1-12(20(25)15-5-7-16(8-6-15)22-13(2)23)27-19(24)11-14-4-9-18(26-3)17(21)10-14/h4-10,12H,11H2,1-3H3,(H,22,23)/t12-/m1/s1. The molecule has 1 amide bonds. The predicted molar refractivity (Wildman–Crippen MR) is 97.3 cm³/mol.